The van der Waals surface area contributed by atoms with Gasteiger partial charge in [0.25, 0.3) is 5.56 Å². The van der Waals surface area contributed by atoms with Crippen LogP contribution in [0.1, 0.15) is 60.1 Å². The molecule has 1 saturated heterocycles. The zero-order chi connectivity index (χ0) is 33.8. The van der Waals surface area contributed by atoms with Gasteiger partial charge in [0.05, 0.1) is 23.0 Å². The van der Waals surface area contributed by atoms with Crippen molar-refractivity contribution in [3.63, 3.8) is 0 Å². The fourth-order valence-corrected chi connectivity index (χ4v) is 6.24. The molecule has 1 fully saturated rings. The summed E-state index contributed by atoms with van der Waals surface area (Å²) in [6.45, 7) is 0. The van der Waals surface area contributed by atoms with E-state index in [1.807, 2.05) is 0 Å². The van der Waals surface area contributed by atoms with Gasteiger partial charge in [0.2, 0.25) is 5.95 Å². The van der Waals surface area contributed by atoms with Gasteiger partial charge in [0.15, 0.2) is 28.6 Å². The standard InChI is InChI=1S/C31H25N5O11/c32-29-34-23-20(24(38)35-29)33-13-36(23)28-31(46,19-12-6-4-10-17(19)27(43)44)30(45,18-11-5-3-9-16(18)26(41)42)22(47-28)21(37)14-7-1-2-8-15(14)25(39)40/h1-13,21-22,28,37,45-46H,(H,39,40)(H,41,42)(H,43,44)(H3,32,34,35,38)/t21?,22-,28-,30-,31+/m1/s1. The summed E-state index contributed by atoms with van der Waals surface area (Å²) in [5, 5.41) is 68.4. The molecule has 1 aliphatic rings. The third kappa shape index (κ3) is 4.54. The summed E-state index contributed by atoms with van der Waals surface area (Å²) in [7, 11) is 0. The van der Waals surface area contributed by atoms with Crippen LogP contribution in [0.3, 0.4) is 0 Å². The number of H-pyrrole nitrogens is 1. The van der Waals surface area contributed by atoms with Crippen LogP contribution in [0, 0.1) is 0 Å². The quantitative estimate of drug-likeness (QED) is 0.118. The fourth-order valence-electron chi connectivity index (χ4n) is 6.24. The number of imidazole rings is 1. The Kier molecular flexibility index (Phi) is 7.36. The first-order valence-corrected chi connectivity index (χ1v) is 13.8. The van der Waals surface area contributed by atoms with Gasteiger partial charge < -0.3 is 41.1 Å². The second-order valence-electron chi connectivity index (χ2n) is 10.8. The molecule has 0 spiro atoms. The predicted molar refractivity (Wildman–Crippen MR) is 159 cm³/mol. The number of aromatic nitrogens is 4. The zero-order valence-corrected chi connectivity index (χ0v) is 23.9. The molecule has 1 aliphatic heterocycles. The molecule has 0 saturated carbocycles. The van der Waals surface area contributed by atoms with E-state index >= 15 is 0 Å². The number of aliphatic hydroxyl groups is 3. The third-order valence-electron chi connectivity index (χ3n) is 8.26. The Labute approximate surface area is 262 Å². The number of nitrogens with zero attached hydrogens (tertiary/aromatic N) is 3. The molecule has 240 valence electrons. The third-order valence-corrected chi connectivity index (χ3v) is 8.26. The van der Waals surface area contributed by atoms with Gasteiger partial charge >= 0.3 is 17.9 Å². The van der Waals surface area contributed by atoms with E-state index in [4.69, 9.17) is 10.5 Å². The highest BCUT2D eigenvalue weighted by atomic mass is 16.6. The summed E-state index contributed by atoms with van der Waals surface area (Å²) in [5.41, 5.74) is -4.58. The molecule has 0 aliphatic carbocycles. The van der Waals surface area contributed by atoms with Crippen LogP contribution in [-0.2, 0) is 15.9 Å². The van der Waals surface area contributed by atoms with Crippen LogP contribution in [0.15, 0.2) is 83.9 Å². The molecule has 5 atom stereocenters. The number of nitrogen functional groups attached to an aromatic ring is 1. The van der Waals surface area contributed by atoms with Crippen LogP contribution in [0.4, 0.5) is 5.95 Å². The maximum absolute atomic E-state index is 13.1. The predicted octanol–water partition coefficient (Wildman–Crippen LogP) is 1.20. The topological polar surface area (TPSA) is 271 Å². The van der Waals surface area contributed by atoms with Crippen molar-refractivity contribution in [1.29, 1.82) is 0 Å². The van der Waals surface area contributed by atoms with Gasteiger partial charge in [-0.3, -0.25) is 14.3 Å². The van der Waals surface area contributed by atoms with E-state index in [1.165, 1.54) is 48.5 Å². The average molecular weight is 644 g/mol. The lowest BCUT2D eigenvalue weighted by Crippen LogP contribution is -2.55. The van der Waals surface area contributed by atoms with Gasteiger partial charge in [0, 0.05) is 11.1 Å². The lowest BCUT2D eigenvalue weighted by atomic mass is 9.67. The Morgan fingerprint density at radius 1 is 0.830 bits per heavy atom. The van der Waals surface area contributed by atoms with Gasteiger partial charge in [-0.25, -0.2) is 19.4 Å². The van der Waals surface area contributed by atoms with Crippen LogP contribution in [-0.4, -0.2) is 74.2 Å². The lowest BCUT2D eigenvalue weighted by Gasteiger charge is -2.43. The van der Waals surface area contributed by atoms with Crippen molar-refractivity contribution < 1.29 is 49.8 Å². The van der Waals surface area contributed by atoms with E-state index in [0.29, 0.717) is 0 Å². The number of fused-ring (bicyclic) bond motifs is 1. The number of ether oxygens (including phenoxy) is 1. The Balaban J connectivity index is 1.76. The number of hydrogen-bond donors (Lipinski definition) is 8. The summed E-state index contributed by atoms with van der Waals surface area (Å²) in [6, 6.07) is 15.1. The Hall–Kier alpha value is -5.94. The number of carboxylic acids is 3. The van der Waals surface area contributed by atoms with Crippen LogP contribution in [0.5, 0.6) is 0 Å². The monoisotopic (exact) mass is 643 g/mol. The first-order valence-electron chi connectivity index (χ1n) is 13.8. The fraction of sp³-hybridized carbons (Fsp3) is 0.161. The highest BCUT2D eigenvalue weighted by Crippen LogP contribution is 2.60. The van der Waals surface area contributed by atoms with Crippen molar-refractivity contribution in [2.75, 3.05) is 5.73 Å². The number of nitrogens with two attached hydrogens (primary N) is 1. The molecular weight excluding hydrogens is 618 g/mol. The zero-order valence-electron chi connectivity index (χ0n) is 23.9. The van der Waals surface area contributed by atoms with E-state index < -0.39 is 80.9 Å². The van der Waals surface area contributed by atoms with E-state index in [1.54, 1.807) is 0 Å². The van der Waals surface area contributed by atoms with Gasteiger partial charge in [-0.2, -0.15) is 4.98 Å². The maximum atomic E-state index is 13.1. The number of aromatic amines is 1. The van der Waals surface area contributed by atoms with E-state index in [0.717, 1.165) is 35.2 Å². The second kappa shape index (κ2) is 11.1. The minimum atomic E-state index is -3.09. The molecule has 16 heteroatoms. The molecule has 47 heavy (non-hydrogen) atoms. The molecule has 3 aromatic carbocycles. The highest BCUT2D eigenvalue weighted by molar-refractivity contribution is 5.92. The van der Waals surface area contributed by atoms with Crippen LogP contribution in [0.2, 0.25) is 0 Å². The first kappa shape index (κ1) is 31.1. The van der Waals surface area contributed by atoms with Crippen LogP contribution < -0.4 is 11.3 Å². The summed E-state index contributed by atoms with van der Waals surface area (Å²) in [6.07, 6.45) is -5.27. The number of nitrogens with one attached hydrogen (secondary N) is 1. The normalized spacial score (nSPS) is 23.0. The smallest absolute Gasteiger partial charge is 0.336 e. The van der Waals surface area contributed by atoms with Crippen LogP contribution in [0.25, 0.3) is 11.2 Å². The van der Waals surface area contributed by atoms with E-state index in [2.05, 4.69) is 15.0 Å². The molecule has 16 nitrogen and oxygen atoms in total. The van der Waals surface area contributed by atoms with Crippen molar-refractivity contribution in [2.45, 2.75) is 29.6 Å². The van der Waals surface area contributed by atoms with Gasteiger partial charge in [-0.1, -0.05) is 54.6 Å². The molecule has 0 amide bonds. The number of rotatable bonds is 8. The number of aromatic carboxylic acids is 3. The molecule has 0 radical (unpaired) electrons. The summed E-state index contributed by atoms with van der Waals surface area (Å²) < 4.78 is 7.23. The molecule has 9 N–H and O–H groups in total. The van der Waals surface area contributed by atoms with Crippen molar-refractivity contribution in [2.24, 2.45) is 0 Å². The summed E-state index contributed by atoms with van der Waals surface area (Å²) in [4.78, 5) is 60.4. The molecule has 2 aromatic heterocycles. The average Bonchev–Trinajstić information content (AvgIpc) is 3.57. The molecular formula is C31H25N5O11. The number of carboxylic acid groups (broad SMARTS) is 3. The molecule has 6 rings (SSSR count). The van der Waals surface area contributed by atoms with E-state index in [-0.39, 0.29) is 22.7 Å². The SMILES string of the molecule is Nc1nc2c(ncn2[C@@H]2O[C@H](C(O)c3ccccc3C(=O)O)[C@](O)(c3ccccc3C(=O)O)[C@]2(O)c2ccccc2C(=O)O)c(=O)[nH]1. The maximum Gasteiger partial charge on any atom is 0.336 e. The van der Waals surface area contributed by atoms with Crippen LogP contribution >= 0.6 is 0 Å². The molecule has 0 bridgehead atoms. The van der Waals surface area contributed by atoms with Crippen molar-refractivity contribution >= 4 is 35.0 Å². The minimum Gasteiger partial charge on any atom is -0.478 e. The minimum absolute atomic E-state index is 0.292. The summed E-state index contributed by atoms with van der Waals surface area (Å²) in [5.74, 6) is -4.97. The van der Waals surface area contributed by atoms with Gasteiger partial charge in [0.1, 0.15) is 12.2 Å². The first-order chi connectivity index (χ1) is 22.3. The highest BCUT2D eigenvalue weighted by Gasteiger charge is 2.71. The molecule has 3 heterocycles. The second-order valence-corrected chi connectivity index (χ2v) is 10.8. The van der Waals surface area contributed by atoms with Crippen molar-refractivity contribution in [1.82, 2.24) is 19.5 Å². The Morgan fingerprint density at radius 3 is 1.91 bits per heavy atom. The number of benzene rings is 3. The lowest BCUT2D eigenvalue weighted by molar-refractivity contribution is -0.175. The number of hydrogen-bond acceptors (Lipinski definition) is 11. The number of anilines is 1. The summed E-state index contributed by atoms with van der Waals surface area (Å²) >= 11 is 0. The van der Waals surface area contributed by atoms with E-state index in [9.17, 15) is 49.8 Å². The Morgan fingerprint density at radius 2 is 1.34 bits per heavy atom. The van der Waals surface area contributed by atoms with Crippen molar-refractivity contribution in [3.05, 3.63) is 123 Å². The largest absolute Gasteiger partial charge is 0.478 e. The van der Waals surface area contributed by atoms with Crippen molar-refractivity contribution in [3.8, 4) is 0 Å². The molecule has 5 aromatic rings. The number of carbonyl (C=O) groups is 3. The van der Waals surface area contributed by atoms with Gasteiger partial charge in [-0.05, 0) is 23.8 Å². The van der Waals surface area contributed by atoms with Gasteiger partial charge in [-0.15, -0.1) is 0 Å². The number of aliphatic hydroxyl groups excluding tert-OH is 1. The Bertz CT molecular complexity index is 2150. The molecule has 1 unspecified atom stereocenters.